The summed E-state index contributed by atoms with van der Waals surface area (Å²) in [5, 5.41) is 15.8. The van der Waals surface area contributed by atoms with E-state index in [1.54, 1.807) is 11.3 Å². The summed E-state index contributed by atoms with van der Waals surface area (Å²) in [6, 6.07) is 13.3. The van der Waals surface area contributed by atoms with Crippen LogP contribution >= 0.6 is 11.3 Å². The van der Waals surface area contributed by atoms with Crippen molar-refractivity contribution in [3.8, 4) is 10.6 Å². The van der Waals surface area contributed by atoms with Crippen LogP contribution in [0.4, 0.5) is 5.82 Å². The fourth-order valence-corrected chi connectivity index (χ4v) is 3.84. The highest BCUT2D eigenvalue weighted by molar-refractivity contribution is 7.22. The van der Waals surface area contributed by atoms with E-state index in [4.69, 9.17) is 0 Å². The smallest absolute Gasteiger partial charge is 0.148 e. The number of fused-ring (bicyclic) bond motifs is 1. The van der Waals surface area contributed by atoms with E-state index in [0.29, 0.717) is 6.04 Å². The Morgan fingerprint density at radius 1 is 1.14 bits per heavy atom. The maximum atomic E-state index is 4.41. The predicted octanol–water partition coefficient (Wildman–Crippen LogP) is 3.46. The minimum atomic E-state index is 0.532. The second-order valence-corrected chi connectivity index (χ2v) is 6.57. The summed E-state index contributed by atoms with van der Waals surface area (Å²) in [7, 11) is 0. The number of aromatic nitrogens is 2. The number of anilines is 1. The van der Waals surface area contributed by atoms with Crippen molar-refractivity contribution in [2.24, 2.45) is 0 Å². The second kappa shape index (κ2) is 5.50. The van der Waals surface area contributed by atoms with Crippen molar-refractivity contribution in [2.75, 3.05) is 18.4 Å². The third kappa shape index (κ3) is 2.66. The lowest BCUT2D eigenvalue weighted by Crippen LogP contribution is -2.35. The topological polar surface area (TPSA) is 52.7 Å². The molecule has 0 atom stereocenters. The lowest BCUT2D eigenvalue weighted by atomic mass is 10.1. The zero-order valence-corrected chi connectivity index (χ0v) is 12.5. The highest BCUT2D eigenvalue weighted by atomic mass is 32.1. The number of hydrogen-bond donors (Lipinski definition) is 3. The molecule has 0 bridgehead atoms. The first-order chi connectivity index (χ1) is 10.4. The molecular weight excluding hydrogens is 280 g/mol. The summed E-state index contributed by atoms with van der Waals surface area (Å²) >= 11 is 1.80. The third-order valence-electron chi connectivity index (χ3n) is 3.96. The second-order valence-electron chi connectivity index (χ2n) is 5.48. The molecule has 3 heterocycles. The number of thiophene rings is 1. The van der Waals surface area contributed by atoms with Gasteiger partial charge >= 0.3 is 0 Å². The molecule has 1 saturated heterocycles. The van der Waals surface area contributed by atoms with E-state index in [1.807, 2.05) is 0 Å². The molecule has 1 aliphatic heterocycles. The number of rotatable bonds is 3. The van der Waals surface area contributed by atoms with Gasteiger partial charge in [-0.3, -0.25) is 5.10 Å². The van der Waals surface area contributed by atoms with Crippen LogP contribution in [0.2, 0.25) is 0 Å². The number of piperidine rings is 1. The monoisotopic (exact) mass is 298 g/mol. The molecule has 0 saturated carbocycles. The Kier molecular flexibility index (Phi) is 3.37. The van der Waals surface area contributed by atoms with E-state index in [0.717, 1.165) is 37.4 Å². The Bertz CT molecular complexity index is 706. The molecular formula is C16H18N4S. The summed E-state index contributed by atoms with van der Waals surface area (Å²) in [4.78, 5) is 1.24. The largest absolute Gasteiger partial charge is 0.366 e. The van der Waals surface area contributed by atoms with Crippen LogP contribution in [-0.2, 0) is 0 Å². The summed E-state index contributed by atoms with van der Waals surface area (Å²) in [5.74, 6) is 0.953. The highest BCUT2D eigenvalue weighted by Gasteiger charge is 2.14. The standard InChI is InChI=1S/C16H18N4S/c1-2-4-14-11(3-1)9-15(21-14)13-10-16(20-19-13)18-12-5-7-17-8-6-12/h1-4,9-10,12,17H,5-8H2,(H2,18,19,20). The number of nitrogens with one attached hydrogen (secondary N) is 3. The van der Waals surface area contributed by atoms with Crippen LogP contribution in [0, 0.1) is 0 Å². The van der Waals surface area contributed by atoms with Crippen molar-refractivity contribution in [3.63, 3.8) is 0 Å². The van der Waals surface area contributed by atoms with Gasteiger partial charge in [-0.2, -0.15) is 5.10 Å². The van der Waals surface area contributed by atoms with Gasteiger partial charge in [0, 0.05) is 16.8 Å². The van der Waals surface area contributed by atoms with E-state index in [-0.39, 0.29) is 0 Å². The molecule has 108 valence electrons. The lowest BCUT2D eigenvalue weighted by molar-refractivity contribution is 0.478. The quantitative estimate of drug-likeness (QED) is 0.694. The minimum Gasteiger partial charge on any atom is -0.366 e. The van der Waals surface area contributed by atoms with Gasteiger partial charge in [-0.05, 0) is 43.5 Å². The average molecular weight is 298 g/mol. The number of H-pyrrole nitrogens is 1. The molecule has 4 nitrogen and oxygen atoms in total. The zero-order chi connectivity index (χ0) is 14.1. The van der Waals surface area contributed by atoms with Crippen LogP contribution in [-0.4, -0.2) is 29.3 Å². The van der Waals surface area contributed by atoms with Crippen LogP contribution < -0.4 is 10.6 Å². The molecule has 4 rings (SSSR count). The molecule has 2 aromatic heterocycles. The van der Waals surface area contributed by atoms with Gasteiger partial charge in [-0.15, -0.1) is 11.3 Å². The van der Waals surface area contributed by atoms with Crippen LogP contribution in [0.15, 0.2) is 36.4 Å². The molecule has 0 spiro atoms. The Hall–Kier alpha value is -1.85. The lowest BCUT2D eigenvalue weighted by Gasteiger charge is -2.23. The summed E-state index contributed by atoms with van der Waals surface area (Å²) in [6.45, 7) is 2.18. The molecule has 0 aliphatic carbocycles. The maximum absolute atomic E-state index is 4.41. The van der Waals surface area contributed by atoms with Gasteiger partial charge in [-0.25, -0.2) is 0 Å². The van der Waals surface area contributed by atoms with Crippen molar-refractivity contribution in [2.45, 2.75) is 18.9 Å². The molecule has 1 aromatic carbocycles. The third-order valence-corrected chi connectivity index (χ3v) is 5.11. The molecule has 0 unspecified atom stereocenters. The van der Waals surface area contributed by atoms with Gasteiger partial charge in [0.05, 0.1) is 10.6 Å². The van der Waals surface area contributed by atoms with Crippen LogP contribution in [0.3, 0.4) is 0 Å². The van der Waals surface area contributed by atoms with Gasteiger partial charge in [0.25, 0.3) is 0 Å². The van der Waals surface area contributed by atoms with Gasteiger partial charge in [0.1, 0.15) is 5.82 Å². The van der Waals surface area contributed by atoms with Crippen molar-refractivity contribution in [1.82, 2.24) is 15.5 Å². The number of benzene rings is 1. The molecule has 1 aliphatic rings. The molecule has 0 amide bonds. The zero-order valence-electron chi connectivity index (χ0n) is 11.7. The Morgan fingerprint density at radius 2 is 2.00 bits per heavy atom. The van der Waals surface area contributed by atoms with E-state index < -0.39 is 0 Å². The molecule has 5 heteroatoms. The Balaban J connectivity index is 1.55. The van der Waals surface area contributed by atoms with E-state index in [9.17, 15) is 0 Å². The summed E-state index contributed by atoms with van der Waals surface area (Å²) < 4.78 is 1.31. The van der Waals surface area contributed by atoms with Crippen LogP contribution in [0.5, 0.6) is 0 Å². The van der Waals surface area contributed by atoms with Crippen molar-refractivity contribution in [3.05, 3.63) is 36.4 Å². The highest BCUT2D eigenvalue weighted by Crippen LogP contribution is 2.33. The number of hydrogen-bond acceptors (Lipinski definition) is 4. The van der Waals surface area contributed by atoms with Gasteiger partial charge in [0.15, 0.2) is 0 Å². The van der Waals surface area contributed by atoms with Crippen molar-refractivity contribution < 1.29 is 0 Å². The van der Waals surface area contributed by atoms with Crippen LogP contribution in [0.25, 0.3) is 20.7 Å². The van der Waals surface area contributed by atoms with E-state index >= 15 is 0 Å². The Labute approximate surface area is 127 Å². The average Bonchev–Trinajstić information content (AvgIpc) is 3.14. The van der Waals surface area contributed by atoms with Crippen molar-refractivity contribution in [1.29, 1.82) is 0 Å². The fourth-order valence-electron chi connectivity index (χ4n) is 2.81. The first-order valence-corrected chi connectivity index (χ1v) is 8.22. The van der Waals surface area contributed by atoms with Gasteiger partial charge in [0.2, 0.25) is 0 Å². The molecule has 1 fully saturated rings. The first-order valence-electron chi connectivity index (χ1n) is 7.40. The molecule has 0 radical (unpaired) electrons. The molecule has 21 heavy (non-hydrogen) atoms. The fraction of sp³-hybridized carbons (Fsp3) is 0.312. The van der Waals surface area contributed by atoms with Crippen LogP contribution in [0.1, 0.15) is 12.8 Å². The normalized spacial score (nSPS) is 16.4. The van der Waals surface area contributed by atoms with E-state index in [2.05, 4.69) is 57.2 Å². The summed E-state index contributed by atoms with van der Waals surface area (Å²) in [5.41, 5.74) is 1.09. The Morgan fingerprint density at radius 3 is 2.86 bits per heavy atom. The van der Waals surface area contributed by atoms with Crippen molar-refractivity contribution >= 4 is 27.2 Å². The number of nitrogens with zero attached hydrogens (tertiary/aromatic N) is 1. The first kappa shape index (κ1) is 12.9. The SMILES string of the molecule is c1ccc2sc(-c3cc(NC4CCNCC4)n[nH]3)cc2c1. The summed E-state index contributed by atoms with van der Waals surface area (Å²) in [6.07, 6.45) is 2.32. The molecule has 3 aromatic rings. The maximum Gasteiger partial charge on any atom is 0.148 e. The molecule has 3 N–H and O–H groups in total. The minimum absolute atomic E-state index is 0.532. The van der Waals surface area contributed by atoms with E-state index in [1.165, 1.54) is 15.0 Å². The van der Waals surface area contributed by atoms with Gasteiger partial charge < -0.3 is 10.6 Å². The predicted molar refractivity (Wildman–Crippen MR) is 88.9 cm³/mol. The van der Waals surface area contributed by atoms with Gasteiger partial charge in [-0.1, -0.05) is 18.2 Å². The number of aromatic amines is 1.